The normalized spacial score (nSPS) is 21.1. The zero-order valence-electron chi connectivity index (χ0n) is 13.5. The molecule has 0 aliphatic carbocycles. The van der Waals surface area contributed by atoms with Crippen molar-refractivity contribution in [2.75, 3.05) is 18.5 Å². The third kappa shape index (κ3) is 3.08. The molecule has 2 atom stereocenters. The Morgan fingerprint density at radius 3 is 3.22 bits per heavy atom. The first kappa shape index (κ1) is 15.6. The molecule has 122 valence electrons. The van der Waals surface area contributed by atoms with Crippen molar-refractivity contribution < 1.29 is 4.74 Å². The number of rotatable bonds is 5. The Labute approximate surface area is 135 Å². The van der Waals surface area contributed by atoms with Crippen molar-refractivity contribution in [3.05, 3.63) is 29.2 Å². The number of ether oxygens (including phenoxy) is 1. The van der Waals surface area contributed by atoms with Crippen LogP contribution in [0.2, 0.25) is 0 Å². The number of aromatic amines is 1. The zero-order chi connectivity index (χ0) is 16.2. The van der Waals surface area contributed by atoms with Crippen LogP contribution in [0.3, 0.4) is 0 Å². The molecule has 7 nitrogen and oxygen atoms in total. The summed E-state index contributed by atoms with van der Waals surface area (Å²) in [6, 6.07) is 4.22. The molecule has 1 aliphatic heterocycles. The Bertz CT molecular complexity index is 698. The van der Waals surface area contributed by atoms with Crippen LogP contribution in [0.4, 0.5) is 5.82 Å². The van der Waals surface area contributed by atoms with Crippen LogP contribution in [-0.4, -0.2) is 33.1 Å². The number of nitrogens with one attached hydrogen (secondary N) is 2. The molecule has 0 radical (unpaired) electrons. The Morgan fingerprint density at radius 2 is 2.43 bits per heavy atom. The van der Waals surface area contributed by atoms with E-state index in [0.717, 1.165) is 43.9 Å². The van der Waals surface area contributed by atoms with E-state index in [1.54, 1.807) is 0 Å². The summed E-state index contributed by atoms with van der Waals surface area (Å²) in [5.41, 5.74) is 2.49. The Hall–Kier alpha value is -2.33. The Balaban J connectivity index is 1.73. The van der Waals surface area contributed by atoms with E-state index >= 15 is 0 Å². The SMILES string of the molecule is CCn1nccc1[C@@H]1OCCC[C@H]1CNc1n[nH]c(C)c1C#N. The lowest BCUT2D eigenvalue weighted by atomic mass is 9.92. The molecule has 1 fully saturated rings. The predicted molar refractivity (Wildman–Crippen MR) is 85.8 cm³/mol. The Kier molecular flexibility index (Phi) is 4.63. The fourth-order valence-corrected chi connectivity index (χ4v) is 3.15. The van der Waals surface area contributed by atoms with Crippen LogP contribution < -0.4 is 5.32 Å². The average molecular weight is 314 g/mol. The average Bonchev–Trinajstić information content (AvgIpc) is 3.19. The van der Waals surface area contributed by atoms with Crippen LogP contribution in [0.1, 0.15) is 42.8 Å². The predicted octanol–water partition coefficient (Wildman–Crippen LogP) is 2.39. The highest BCUT2D eigenvalue weighted by Gasteiger charge is 2.30. The first-order valence-electron chi connectivity index (χ1n) is 8.06. The number of aryl methyl sites for hydroxylation is 2. The minimum atomic E-state index is 0.0317. The van der Waals surface area contributed by atoms with Crippen molar-refractivity contribution in [1.82, 2.24) is 20.0 Å². The Morgan fingerprint density at radius 1 is 1.57 bits per heavy atom. The minimum absolute atomic E-state index is 0.0317. The first-order valence-corrected chi connectivity index (χ1v) is 8.06. The van der Waals surface area contributed by atoms with Crippen molar-refractivity contribution in [2.24, 2.45) is 5.92 Å². The van der Waals surface area contributed by atoms with Gasteiger partial charge in [0.25, 0.3) is 0 Å². The molecule has 3 rings (SSSR count). The molecular formula is C16H22N6O. The van der Waals surface area contributed by atoms with Gasteiger partial charge in [-0.2, -0.15) is 15.5 Å². The number of H-pyrrole nitrogens is 1. The van der Waals surface area contributed by atoms with Crippen molar-refractivity contribution in [2.45, 2.75) is 39.3 Å². The standard InChI is InChI=1S/C16H22N6O/c1-3-22-14(6-7-19-22)15-12(5-4-8-23-15)10-18-16-13(9-17)11(2)20-21-16/h6-7,12,15H,3-5,8,10H2,1-2H3,(H2,18,20,21)/t12-,15+/m0/s1. The molecule has 0 amide bonds. The van der Waals surface area contributed by atoms with Gasteiger partial charge in [-0.25, -0.2) is 0 Å². The van der Waals surface area contributed by atoms with Gasteiger partial charge in [-0.3, -0.25) is 9.78 Å². The quantitative estimate of drug-likeness (QED) is 0.884. The molecule has 0 spiro atoms. The van der Waals surface area contributed by atoms with Crippen LogP contribution in [-0.2, 0) is 11.3 Å². The smallest absolute Gasteiger partial charge is 0.166 e. The van der Waals surface area contributed by atoms with Gasteiger partial charge in [0.15, 0.2) is 5.82 Å². The van der Waals surface area contributed by atoms with E-state index in [-0.39, 0.29) is 6.10 Å². The van der Waals surface area contributed by atoms with Gasteiger partial charge in [0.05, 0.1) is 11.4 Å². The van der Waals surface area contributed by atoms with E-state index in [4.69, 9.17) is 4.74 Å². The van der Waals surface area contributed by atoms with Crippen LogP contribution in [0.5, 0.6) is 0 Å². The first-order chi connectivity index (χ1) is 11.2. The highest BCUT2D eigenvalue weighted by atomic mass is 16.5. The maximum absolute atomic E-state index is 9.21. The van der Waals surface area contributed by atoms with Gasteiger partial charge < -0.3 is 10.1 Å². The lowest BCUT2D eigenvalue weighted by Gasteiger charge is -2.32. The number of hydrogen-bond donors (Lipinski definition) is 2. The van der Waals surface area contributed by atoms with Gasteiger partial charge in [0, 0.05) is 31.8 Å². The number of hydrogen-bond acceptors (Lipinski definition) is 5. The van der Waals surface area contributed by atoms with E-state index in [9.17, 15) is 5.26 Å². The van der Waals surface area contributed by atoms with Crippen molar-refractivity contribution in [3.63, 3.8) is 0 Å². The van der Waals surface area contributed by atoms with Crippen LogP contribution in [0.25, 0.3) is 0 Å². The zero-order valence-corrected chi connectivity index (χ0v) is 13.5. The lowest BCUT2D eigenvalue weighted by Crippen LogP contribution is -2.30. The third-order valence-electron chi connectivity index (χ3n) is 4.38. The van der Waals surface area contributed by atoms with Gasteiger partial charge in [-0.15, -0.1) is 0 Å². The molecular weight excluding hydrogens is 292 g/mol. The van der Waals surface area contributed by atoms with Crippen LogP contribution in [0.15, 0.2) is 12.3 Å². The summed E-state index contributed by atoms with van der Waals surface area (Å²) < 4.78 is 8.02. The molecule has 2 aromatic heterocycles. The third-order valence-corrected chi connectivity index (χ3v) is 4.38. The molecule has 7 heteroatoms. The van der Waals surface area contributed by atoms with E-state index in [1.165, 1.54) is 0 Å². The molecule has 0 unspecified atom stereocenters. The van der Waals surface area contributed by atoms with E-state index in [0.29, 0.717) is 17.3 Å². The second kappa shape index (κ2) is 6.84. The summed E-state index contributed by atoms with van der Waals surface area (Å²) in [6.07, 6.45) is 3.99. The van der Waals surface area contributed by atoms with Gasteiger partial charge in [0.2, 0.25) is 0 Å². The second-order valence-electron chi connectivity index (χ2n) is 5.83. The molecule has 1 aliphatic rings. The fraction of sp³-hybridized carbons (Fsp3) is 0.562. The largest absolute Gasteiger partial charge is 0.372 e. The van der Waals surface area contributed by atoms with E-state index < -0.39 is 0 Å². The van der Waals surface area contributed by atoms with Crippen molar-refractivity contribution in [3.8, 4) is 6.07 Å². The molecule has 0 bridgehead atoms. The monoisotopic (exact) mass is 314 g/mol. The van der Waals surface area contributed by atoms with Gasteiger partial charge >= 0.3 is 0 Å². The van der Waals surface area contributed by atoms with Crippen LogP contribution in [0, 0.1) is 24.2 Å². The van der Waals surface area contributed by atoms with E-state index in [1.807, 2.05) is 23.9 Å². The maximum Gasteiger partial charge on any atom is 0.166 e. The highest BCUT2D eigenvalue weighted by Crippen LogP contribution is 2.33. The highest BCUT2D eigenvalue weighted by molar-refractivity contribution is 5.53. The van der Waals surface area contributed by atoms with E-state index in [2.05, 4.69) is 33.6 Å². The van der Waals surface area contributed by atoms with Gasteiger partial charge in [-0.1, -0.05) is 0 Å². The number of nitrogens with zero attached hydrogens (tertiary/aromatic N) is 4. The summed E-state index contributed by atoms with van der Waals surface area (Å²) in [7, 11) is 0. The summed E-state index contributed by atoms with van der Waals surface area (Å²) in [5.74, 6) is 0.952. The maximum atomic E-state index is 9.21. The summed E-state index contributed by atoms with van der Waals surface area (Å²) in [5, 5.41) is 23.9. The summed E-state index contributed by atoms with van der Waals surface area (Å²) in [4.78, 5) is 0. The van der Waals surface area contributed by atoms with Crippen molar-refractivity contribution in [1.29, 1.82) is 5.26 Å². The minimum Gasteiger partial charge on any atom is -0.372 e. The molecule has 2 aromatic rings. The molecule has 23 heavy (non-hydrogen) atoms. The van der Waals surface area contributed by atoms with Gasteiger partial charge in [0.1, 0.15) is 17.7 Å². The topological polar surface area (TPSA) is 91.5 Å². The van der Waals surface area contributed by atoms with Gasteiger partial charge in [-0.05, 0) is 32.8 Å². The van der Waals surface area contributed by atoms with Crippen molar-refractivity contribution >= 4 is 5.82 Å². The summed E-state index contributed by atoms with van der Waals surface area (Å²) >= 11 is 0. The second-order valence-corrected chi connectivity index (χ2v) is 5.83. The molecule has 1 saturated heterocycles. The number of anilines is 1. The molecule has 2 N–H and O–H groups in total. The number of nitriles is 1. The van der Waals surface area contributed by atoms with Crippen LogP contribution >= 0.6 is 0 Å². The molecule has 3 heterocycles. The fourth-order valence-electron chi connectivity index (χ4n) is 3.15. The number of aromatic nitrogens is 4. The lowest BCUT2D eigenvalue weighted by molar-refractivity contribution is -0.0288. The molecule has 0 saturated carbocycles. The summed E-state index contributed by atoms with van der Waals surface area (Å²) in [6.45, 7) is 6.26. The molecule has 0 aromatic carbocycles.